The Labute approximate surface area is 170 Å². The molecular weight excluding hydrogens is 384 g/mol. The Morgan fingerprint density at radius 3 is 2.34 bits per heavy atom. The number of ether oxygens (including phenoxy) is 1. The second-order valence-corrected chi connectivity index (χ2v) is 9.71. The lowest BCUT2D eigenvalue weighted by atomic mass is 9.89. The zero-order chi connectivity index (χ0) is 21.5. The molecule has 2 saturated heterocycles. The number of amides is 3. The van der Waals surface area contributed by atoms with E-state index in [4.69, 9.17) is 10.5 Å². The van der Waals surface area contributed by atoms with Crippen molar-refractivity contribution < 1.29 is 23.1 Å². The number of halogens is 2. The number of hydrogen-bond acceptors (Lipinski definition) is 5. The number of likely N-dealkylation sites (tertiary alicyclic amines) is 1. The van der Waals surface area contributed by atoms with Gasteiger partial charge in [0.2, 0.25) is 11.8 Å². The first-order valence-corrected chi connectivity index (χ1v) is 10.2. The number of urea groups is 1. The molecule has 0 aromatic heterocycles. The molecule has 0 unspecified atom stereocenters. The van der Waals surface area contributed by atoms with Crippen LogP contribution in [0.4, 0.5) is 13.6 Å². The van der Waals surface area contributed by atoms with Crippen LogP contribution in [0.25, 0.3) is 0 Å². The second-order valence-electron chi connectivity index (χ2n) is 9.71. The third kappa shape index (κ3) is 5.99. The molecule has 5 N–H and O–H groups in total. The van der Waals surface area contributed by atoms with Crippen LogP contribution in [0.1, 0.15) is 52.9 Å². The van der Waals surface area contributed by atoms with Crippen molar-refractivity contribution in [1.82, 2.24) is 20.9 Å². The van der Waals surface area contributed by atoms with Crippen LogP contribution >= 0.6 is 0 Å². The van der Waals surface area contributed by atoms with E-state index in [1.807, 2.05) is 0 Å². The minimum absolute atomic E-state index is 0.0631. The standard InChI is InChI=1S/C19H33F2N5O3/c1-16(2)11-23-19(29-12-16)6-8-26(9-7-19)15(28)24-13(10-17(3,20)21)14(27)25-18(22)4-5-18/h13,23H,4-12,22H2,1-3H3,(H,24,28)(H,25,27)/t13-/m0/s1. The number of hydrogen-bond donors (Lipinski definition) is 4. The Balaban J connectivity index is 1.55. The third-order valence-corrected chi connectivity index (χ3v) is 5.82. The van der Waals surface area contributed by atoms with E-state index in [0.29, 0.717) is 45.4 Å². The summed E-state index contributed by atoms with van der Waals surface area (Å²) in [5.74, 6) is -3.77. The summed E-state index contributed by atoms with van der Waals surface area (Å²) in [6.45, 7) is 7.27. The number of nitrogens with one attached hydrogen (secondary N) is 3. The molecule has 3 fully saturated rings. The molecule has 166 valence electrons. The van der Waals surface area contributed by atoms with Gasteiger partial charge >= 0.3 is 6.03 Å². The molecule has 2 heterocycles. The quantitative estimate of drug-likeness (QED) is 0.501. The van der Waals surface area contributed by atoms with Crippen LogP contribution in [-0.4, -0.2) is 66.4 Å². The van der Waals surface area contributed by atoms with Crippen molar-refractivity contribution in [3.63, 3.8) is 0 Å². The predicted molar refractivity (Wildman–Crippen MR) is 103 cm³/mol. The lowest BCUT2D eigenvalue weighted by Gasteiger charge is -2.48. The molecular formula is C19H33F2N5O3. The molecule has 29 heavy (non-hydrogen) atoms. The van der Waals surface area contributed by atoms with Crippen molar-refractivity contribution in [2.45, 2.75) is 76.2 Å². The highest BCUT2D eigenvalue weighted by Crippen LogP contribution is 2.32. The monoisotopic (exact) mass is 417 g/mol. The van der Waals surface area contributed by atoms with Crippen LogP contribution in [0.2, 0.25) is 0 Å². The molecule has 1 aliphatic carbocycles. The van der Waals surface area contributed by atoms with E-state index in [9.17, 15) is 18.4 Å². The van der Waals surface area contributed by atoms with Crippen molar-refractivity contribution in [3.05, 3.63) is 0 Å². The molecule has 0 radical (unpaired) electrons. The van der Waals surface area contributed by atoms with Crippen molar-refractivity contribution in [3.8, 4) is 0 Å². The molecule has 0 aromatic carbocycles. The molecule has 0 bridgehead atoms. The average Bonchev–Trinajstić information content (AvgIpc) is 3.33. The minimum Gasteiger partial charge on any atom is -0.360 e. The van der Waals surface area contributed by atoms with Gasteiger partial charge in [-0.05, 0) is 19.8 Å². The fourth-order valence-corrected chi connectivity index (χ4v) is 3.63. The van der Waals surface area contributed by atoms with Gasteiger partial charge < -0.3 is 26.0 Å². The second kappa shape index (κ2) is 7.63. The third-order valence-electron chi connectivity index (χ3n) is 5.82. The minimum atomic E-state index is -3.10. The number of nitrogens with two attached hydrogens (primary N) is 1. The first-order chi connectivity index (χ1) is 13.3. The molecule has 1 spiro atoms. The normalized spacial score (nSPS) is 25.9. The number of carbonyl (C=O) groups excluding carboxylic acids is 2. The van der Waals surface area contributed by atoms with Crippen LogP contribution in [-0.2, 0) is 9.53 Å². The van der Waals surface area contributed by atoms with E-state index in [1.54, 1.807) is 4.90 Å². The first-order valence-electron chi connectivity index (χ1n) is 10.2. The Morgan fingerprint density at radius 1 is 1.24 bits per heavy atom. The number of nitrogens with zero attached hydrogens (tertiary/aromatic N) is 1. The molecule has 1 saturated carbocycles. The lowest BCUT2D eigenvalue weighted by Crippen LogP contribution is -2.63. The van der Waals surface area contributed by atoms with Gasteiger partial charge in [-0.1, -0.05) is 13.8 Å². The Bertz CT molecular complexity index is 628. The molecule has 2 aliphatic heterocycles. The highest BCUT2D eigenvalue weighted by atomic mass is 19.3. The van der Waals surface area contributed by atoms with Gasteiger partial charge in [0.05, 0.1) is 12.3 Å². The topological polar surface area (TPSA) is 109 Å². The summed E-state index contributed by atoms with van der Waals surface area (Å²) in [6, 6.07) is -1.87. The highest BCUT2D eigenvalue weighted by molar-refractivity contribution is 5.87. The maximum atomic E-state index is 13.6. The largest absolute Gasteiger partial charge is 0.360 e. The van der Waals surface area contributed by atoms with E-state index in [0.717, 1.165) is 13.5 Å². The van der Waals surface area contributed by atoms with Crippen LogP contribution in [0.15, 0.2) is 0 Å². The first kappa shape index (κ1) is 22.2. The van der Waals surface area contributed by atoms with Gasteiger partial charge in [-0.3, -0.25) is 10.1 Å². The number of carbonyl (C=O) groups is 2. The predicted octanol–water partition coefficient (Wildman–Crippen LogP) is 1.11. The van der Waals surface area contributed by atoms with Crippen molar-refractivity contribution >= 4 is 11.9 Å². The maximum Gasteiger partial charge on any atom is 0.318 e. The van der Waals surface area contributed by atoms with Crippen LogP contribution in [0.3, 0.4) is 0 Å². The van der Waals surface area contributed by atoms with E-state index in [1.165, 1.54) is 0 Å². The smallest absolute Gasteiger partial charge is 0.318 e. The Hall–Kier alpha value is -1.52. The molecule has 3 rings (SSSR count). The number of alkyl halides is 2. The van der Waals surface area contributed by atoms with E-state index < -0.39 is 41.7 Å². The summed E-state index contributed by atoms with van der Waals surface area (Å²) in [4.78, 5) is 26.6. The lowest BCUT2D eigenvalue weighted by molar-refractivity contribution is -0.157. The SMILES string of the molecule is CC(F)(F)C[C@H](NC(=O)N1CCC2(CC1)NCC(C)(C)CO2)C(=O)NC1(N)CC1. The zero-order valence-corrected chi connectivity index (χ0v) is 17.4. The molecule has 3 amide bonds. The Kier molecular flexibility index (Phi) is 5.83. The van der Waals surface area contributed by atoms with Crippen molar-refractivity contribution in [2.75, 3.05) is 26.2 Å². The van der Waals surface area contributed by atoms with E-state index >= 15 is 0 Å². The summed E-state index contributed by atoms with van der Waals surface area (Å²) in [5, 5.41) is 8.48. The van der Waals surface area contributed by atoms with Crippen LogP contribution in [0, 0.1) is 5.41 Å². The van der Waals surface area contributed by atoms with E-state index in [2.05, 4.69) is 29.8 Å². The van der Waals surface area contributed by atoms with Crippen LogP contribution in [0.5, 0.6) is 0 Å². The van der Waals surface area contributed by atoms with Gasteiger partial charge in [-0.25, -0.2) is 13.6 Å². The van der Waals surface area contributed by atoms with E-state index in [-0.39, 0.29) is 5.41 Å². The van der Waals surface area contributed by atoms with Crippen LogP contribution < -0.4 is 21.7 Å². The fourth-order valence-electron chi connectivity index (χ4n) is 3.63. The summed E-state index contributed by atoms with van der Waals surface area (Å²) in [5.41, 5.74) is 4.64. The van der Waals surface area contributed by atoms with Crippen molar-refractivity contribution in [1.29, 1.82) is 0 Å². The highest BCUT2D eigenvalue weighted by Gasteiger charge is 2.44. The zero-order valence-electron chi connectivity index (χ0n) is 17.4. The van der Waals surface area contributed by atoms with Gasteiger partial charge in [0, 0.05) is 44.3 Å². The van der Waals surface area contributed by atoms with Crippen molar-refractivity contribution in [2.24, 2.45) is 11.1 Å². The summed E-state index contributed by atoms with van der Waals surface area (Å²) < 4.78 is 33.2. The van der Waals surface area contributed by atoms with Gasteiger partial charge in [-0.15, -0.1) is 0 Å². The van der Waals surface area contributed by atoms with Gasteiger partial charge in [-0.2, -0.15) is 0 Å². The molecule has 0 aromatic rings. The molecule has 10 heteroatoms. The molecule has 3 aliphatic rings. The maximum absolute atomic E-state index is 13.6. The van der Waals surface area contributed by atoms with Gasteiger partial charge in [0.1, 0.15) is 11.8 Å². The fraction of sp³-hybridized carbons (Fsp3) is 0.895. The van der Waals surface area contributed by atoms with Gasteiger partial charge in [0.15, 0.2) is 0 Å². The molecule has 8 nitrogen and oxygen atoms in total. The summed E-state index contributed by atoms with van der Waals surface area (Å²) >= 11 is 0. The van der Waals surface area contributed by atoms with Gasteiger partial charge in [0.25, 0.3) is 0 Å². The number of piperidine rings is 1. The number of rotatable bonds is 5. The summed E-state index contributed by atoms with van der Waals surface area (Å²) in [6.07, 6.45) is 1.62. The average molecular weight is 418 g/mol. The Morgan fingerprint density at radius 2 is 1.86 bits per heavy atom. The summed E-state index contributed by atoms with van der Waals surface area (Å²) in [7, 11) is 0. The molecule has 1 atom stereocenters.